The van der Waals surface area contributed by atoms with E-state index in [2.05, 4.69) is 10.1 Å². The monoisotopic (exact) mass is 477 g/mol. The second-order valence-corrected chi connectivity index (χ2v) is 11.6. The van der Waals surface area contributed by atoms with Gasteiger partial charge < -0.3 is 4.42 Å². The number of fused-ring (bicyclic) bond motifs is 2. The summed E-state index contributed by atoms with van der Waals surface area (Å²) in [7, 11) is -9.27. The van der Waals surface area contributed by atoms with Gasteiger partial charge in [0.25, 0.3) is 9.84 Å². The van der Waals surface area contributed by atoms with Crippen molar-refractivity contribution in [3.8, 4) is 11.6 Å². The molecule has 3 aromatic rings. The highest BCUT2D eigenvalue weighted by Gasteiger charge is 2.47. The fraction of sp³-hybridized carbons (Fsp3) is 0.444. The number of alkyl halides is 3. The Kier molecular flexibility index (Phi) is 4.96. The van der Waals surface area contributed by atoms with Crippen molar-refractivity contribution in [2.45, 2.75) is 48.5 Å². The number of oxazole rings is 1. The molecule has 13 heteroatoms. The summed E-state index contributed by atoms with van der Waals surface area (Å²) in [4.78, 5) is 3.09. The minimum absolute atomic E-state index is 0.00315. The largest absolute Gasteiger partial charge is 0.501 e. The van der Waals surface area contributed by atoms with Crippen LogP contribution in [-0.2, 0) is 32.6 Å². The fourth-order valence-corrected chi connectivity index (χ4v) is 5.62. The Morgan fingerprint density at radius 2 is 1.94 bits per heavy atom. The predicted molar refractivity (Wildman–Crippen MR) is 104 cm³/mol. The second kappa shape index (κ2) is 7.05. The summed E-state index contributed by atoms with van der Waals surface area (Å²) < 4.78 is 94.7. The van der Waals surface area contributed by atoms with Gasteiger partial charge in [0.2, 0.25) is 5.89 Å². The summed E-state index contributed by atoms with van der Waals surface area (Å²) in [6, 6.07) is 2.57. The second-order valence-electron chi connectivity index (χ2n) is 7.45. The van der Waals surface area contributed by atoms with E-state index < -0.39 is 30.1 Å². The predicted octanol–water partition coefficient (Wildman–Crippen LogP) is 3.36. The first kappa shape index (κ1) is 21.8. The van der Waals surface area contributed by atoms with Crippen molar-refractivity contribution in [1.82, 2.24) is 14.8 Å². The third-order valence-corrected chi connectivity index (χ3v) is 8.53. The van der Waals surface area contributed by atoms with Crippen LogP contribution in [0.2, 0.25) is 0 Å². The molecule has 1 atom stereocenters. The van der Waals surface area contributed by atoms with Gasteiger partial charge in [0, 0.05) is 6.54 Å². The molecule has 4 rings (SSSR count). The molecule has 2 aromatic heterocycles. The van der Waals surface area contributed by atoms with E-state index in [1.165, 1.54) is 6.92 Å². The van der Waals surface area contributed by atoms with Crippen LogP contribution in [0.4, 0.5) is 13.2 Å². The van der Waals surface area contributed by atoms with Crippen molar-refractivity contribution in [3.05, 3.63) is 23.9 Å². The third kappa shape index (κ3) is 3.53. The van der Waals surface area contributed by atoms with Gasteiger partial charge in [-0.1, -0.05) is 13.8 Å². The molecule has 0 fully saturated rings. The number of hydrogen-bond donors (Lipinski definition) is 0. The van der Waals surface area contributed by atoms with Crippen molar-refractivity contribution in [3.63, 3.8) is 0 Å². The summed E-state index contributed by atoms with van der Waals surface area (Å²) in [5.74, 6) is -0.0862. The molecule has 0 spiro atoms. The van der Waals surface area contributed by atoms with Crippen molar-refractivity contribution in [2.75, 3.05) is 5.75 Å². The molecule has 0 aliphatic carbocycles. The first-order valence-electron chi connectivity index (χ1n) is 9.40. The van der Waals surface area contributed by atoms with Crippen LogP contribution >= 0.6 is 0 Å². The van der Waals surface area contributed by atoms with Gasteiger partial charge >= 0.3 is 5.51 Å². The lowest BCUT2D eigenvalue weighted by Gasteiger charge is -2.20. The minimum atomic E-state index is -5.56. The van der Waals surface area contributed by atoms with E-state index in [1.54, 1.807) is 4.68 Å². The molecule has 168 valence electrons. The number of nitrogens with zero attached hydrogens (tertiary/aromatic N) is 3. The van der Waals surface area contributed by atoms with Gasteiger partial charge in [-0.05, 0) is 37.0 Å². The van der Waals surface area contributed by atoms with E-state index in [1.807, 2.05) is 6.92 Å². The molecule has 0 N–H and O–H groups in total. The zero-order valence-electron chi connectivity index (χ0n) is 16.5. The van der Waals surface area contributed by atoms with Crippen molar-refractivity contribution < 1.29 is 34.4 Å². The molecule has 0 amide bonds. The van der Waals surface area contributed by atoms with Crippen molar-refractivity contribution in [2.24, 2.45) is 5.92 Å². The van der Waals surface area contributed by atoms with Crippen LogP contribution in [0.15, 0.2) is 32.4 Å². The van der Waals surface area contributed by atoms with Crippen molar-refractivity contribution >= 4 is 30.8 Å². The summed E-state index contributed by atoms with van der Waals surface area (Å²) in [6.07, 6.45) is 1.28. The van der Waals surface area contributed by atoms with E-state index in [0.29, 0.717) is 18.7 Å². The molecular weight excluding hydrogens is 459 g/mol. The molecule has 0 saturated heterocycles. The lowest BCUT2D eigenvalue weighted by atomic mass is 10.0. The van der Waals surface area contributed by atoms with Crippen LogP contribution < -0.4 is 0 Å². The normalized spacial score (nSPS) is 17.8. The van der Waals surface area contributed by atoms with Gasteiger partial charge in [0.1, 0.15) is 10.4 Å². The quantitative estimate of drug-likeness (QED) is 0.566. The van der Waals surface area contributed by atoms with Crippen LogP contribution in [0.3, 0.4) is 0 Å². The van der Waals surface area contributed by atoms with Gasteiger partial charge in [0.15, 0.2) is 21.1 Å². The number of sulfone groups is 2. The summed E-state index contributed by atoms with van der Waals surface area (Å²) in [6.45, 7) is 4.02. The molecule has 8 nitrogen and oxygen atoms in total. The zero-order valence-corrected chi connectivity index (χ0v) is 18.1. The van der Waals surface area contributed by atoms with Gasteiger partial charge in [-0.2, -0.15) is 18.3 Å². The standard InChI is InChI=1S/C18H18F3N3O5S2/c1-3-30(25,26)16-13-6-4-10(2)9-24(13)23-15(16)17-22-12-8-11(5-7-14(12)29-17)31(27,28)18(19,20)21/h5,7-8,10H,3-4,6,9H2,1-2H3. The Hall–Kier alpha value is -2.41. The average Bonchev–Trinajstić information content (AvgIpc) is 3.27. The minimum Gasteiger partial charge on any atom is -0.435 e. The van der Waals surface area contributed by atoms with E-state index in [-0.39, 0.29) is 39.3 Å². The van der Waals surface area contributed by atoms with E-state index in [0.717, 1.165) is 24.6 Å². The molecule has 0 bridgehead atoms. The zero-order chi connectivity index (χ0) is 22.8. The van der Waals surface area contributed by atoms with Gasteiger partial charge in [-0.25, -0.2) is 21.8 Å². The molecule has 1 aliphatic heterocycles. The molecule has 1 aromatic carbocycles. The highest BCUT2D eigenvalue weighted by atomic mass is 32.2. The maximum atomic E-state index is 12.9. The molecule has 31 heavy (non-hydrogen) atoms. The molecule has 0 radical (unpaired) electrons. The highest BCUT2D eigenvalue weighted by Crippen LogP contribution is 2.37. The van der Waals surface area contributed by atoms with E-state index in [9.17, 15) is 30.0 Å². The first-order chi connectivity index (χ1) is 14.3. The Bertz CT molecular complexity index is 1390. The average molecular weight is 477 g/mol. The SMILES string of the molecule is CCS(=O)(=O)c1c(-c2nc3cc(S(=O)(=O)C(F)(F)F)ccc3o2)nn2c1CCC(C)C2. The van der Waals surface area contributed by atoms with E-state index in [4.69, 9.17) is 4.42 Å². The van der Waals surface area contributed by atoms with E-state index >= 15 is 0 Å². The summed E-state index contributed by atoms with van der Waals surface area (Å²) in [5.41, 5.74) is -5.09. The van der Waals surface area contributed by atoms with Crippen LogP contribution in [0.5, 0.6) is 0 Å². The fourth-order valence-electron chi connectivity index (χ4n) is 3.56. The maximum absolute atomic E-state index is 12.9. The molecule has 3 heterocycles. The van der Waals surface area contributed by atoms with Gasteiger partial charge in [-0.3, -0.25) is 4.68 Å². The van der Waals surface area contributed by atoms with Crippen LogP contribution in [0, 0.1) is 5.92 Å². The summed E-state index contributed by atoms with van der Waals surface area (Å²) >= 11 is 0. The Morgan fingerprint density at radius 1 is 1.23 bits per heavy atom. The Labute approximate surface area is 175 Å². The van der Waals surface area contributed by atoms with Crippen molar-refractivity contribution in [1.29, 1.82) is 0 Å². The van der Waals surface area contributed by atoms with Crippen LogP contribution in [-0.4, -0.2) is 42.9 Å². The van der Waals surface area contributed by atoms with Crippen LogP contribution in [0.25, 0.3) is 22.7 Å². The Balaban J connectivity index is 1.90. The number of benzene rings is 1. The Morgan fingerprint density at radius 3 is 2.58 bits per heavy atom. The molecular formula is C18H18F3N3O5S2. The number of rotatable bonds is 4. The van der Waals surface area contributed by atoms with Gasteiger partial charge in [-0.15, -0.1) is 0 Å². The lowest BCUT2D eigenvalue weighted by Crippen LogP contribution is -2.23. The smallest absolute Gasteiger partial charge is 0.435 e. The molecule has 1 unspecified atom stereocenters. The lowest BCUT2D eigenvalue weighted by molar-refractivity contribution is -0.0435. The first-order valence-corrected chi connectivity index (χ1v) is 12.5. The topological polar surface area (TPSA) is 112 Å². The number of hydrogen-bond acceptors (Lipinski definition) is 7. The maximum Gasteiger partial charge on any atom is 0.501 e. The molecule has 0 saturated carbocycles. The third-order valence-electron chi connectivity index (χ3n) is 5.24. The van der Waals surface area contributed by atoms with Gasteiger partial charge in [0.05, 0.1) is 16.3 Å². The number of halogens is 3. The summed E-state index contributed by atoms with van der Waals surface area (Å²) in [5, 5.41) is 4.37. The highest BCUT2D eigenvalue weighted by molar-refractivity contribution is 7.92. The van der Waals surface area contributed by atoms with Crippen LogP contribution in [0.1, 0.15) is 26.0 Å². The molecule has 1 aliphatic rings. The number of aromatic nitrogens is 3.